The van der Waals surface area contributed by atoms with Gasteiger partial charge in [-0.05, 0) is 30.7 Å². The number of alkyl halides is 3. The van der Waals surface area contributed by atoms with Crippen LogP contribution in [0, 0.1) is 0 Å². The van der Waals surface area contributed by atoms with E-state index in [1.807, 2.05) is 0 Å². The molecule has 0 amide bonds. The van der Waals surface area contributed by atoms with Crippen LogP contribution in [0.2, 0.25) is 0 Å². The average Bonchev–Trinajstić information content (AvgIpc) is 2.29. The van der Waals surface area contributed by atoms with Crippen LogP contribution in [-0.4, -0.2) is 26.9 Å². The van der Waals surface area contributed by atoms with Crippen LogP contribution in [-0.2, 0) is 12.8 Å². The zero-order chi connectivity index (χ0) is 13.8. The van der Waals surface area contributed by atoms with Gasteiger partial charge in [0.15, 0.2) is 0 Å². The first-order chi connectivity index (χ1) is 8.41. The lowest BCUT2D eigenvalue weighted by atomic mass is 10.0. The molecule has 6 heteroatoms. The maximum atomic E-state index is 12.5. The molecule has 0 unspecified atom stereocenters. The third-order valence-electron chi connectivity index (χ3n) is 2.48. The van der Waals surface area contributed by atoms with Crippen LogP contribution in [0.4, 0.5) is 13.2 Å². The van der Waals surface area contributed by atoms with Gasteiger partial charge < -0.3 is 15.2 Å². The van der Waals surface area contributed by atoms with Crippen LogP contribution < -0.4 is 15.2 Å². The Hall–Kier alpha value is -1.43. The van der Waals surface area contributed by atoms with Gasteiger partial charge in [-0.25, -0.2) is 0 Å². The van der Waals surface area contributed by atoms with Gasteiger partial charge in [0, 0.05) is 5.56 Å². The Morgan fingerprint density at radius 3 is 1.94 bits per heavy atom. The molecule has 3 nitrogen and oxygen atoms in total. The summed E-state index contributed by atoms with van der Waals surface area (Å²) in [5.41, 5.74) is 6.22. The van der Waals surface area contributed by atoms with Crippen molar-refractivity contribution in [3.8, 4) is 11.5 Å². The molecule has 0 fully saturated rings. The minimum atomic E-state index is -4.31. The number of halogens is 3. The minimum Gasteiger partial charge on any atom is -0.496 e. The molecule has 0 bridgehead atoms. The standard InChI is InChI=1S/C12H16F3NO2/c1-17-10-5-8(3-4-16)6-11(18-2)9(10)7-12(13,14)15/h5-6H,3-4,7,16H2,1-2H3. The van der Waals surface area contributed by atoms with Crippen molar-refractivity contribution in [1.29, 1.82) is 0 Å². The van der Waals surface area contributed by atoms with Gasteiger partial charge in [0.1, 0.15) is 11.5 Å². The van der Waals surface area contributed by atoms with Crippen molar-refractivity contribution in [2.24, 2.45) is 5.73 Å². The van der Waals surface area contributed by atoms with E-state index in [-0.39, 0.29) is 17.1 Å². The van der Waals surface area contributed by atoms with Crippen LogP contribution in [0.15, 0.2) is 12.1 Å². The molecule has 2 N–H and O–H groups in total. The highest BCUT2D eigenvalue weighted by molar-refractivity contribution is 5.48. The lowest BCUT2D eigenvalue weighted by Crippen LogP contribution is -2.14. The molecule has 0 aliphatic rings. The Balaban J connectivity index is 3.21. The Labute approximate surface area is 104 Å². The van der Waals surface area contributed by atoms with Gasteiger partial charge in [0.25, 0.3) is 0 Å². The van der Waals surface area contributed by atoms with E-state index in [2.05, 4.69) is 0 Å². The van der Waals surface area contributed by atoms with Crippen molar-refractivity contribution in [3.05, 3.63) is 23.3 Å². The number of nitrogens with two attached hydrogens (primary N) is 1. The number of hydrogen-bond acceptors (Lipinski definition) is 3. The SMILES string of the molecule is COc1cc(CCN)cc(OC)c1CC(F)(F)F. The van der Waals surface area contributed by atoms with Gasteiger partial charge in [-0.1, -0.05) is 0 Å². The molecule has 1 aromatic carbocycles. The fourth-order valence-corrected chi connectivity index (χ4v) is 1.72. The fourth-order valence-electron chi connectivity index (χ4n) is 1.72. The van der Waals surface area contributed by atoms with E-state index in [0.717, 1.165) is 5.56 Å². The molecule has 0 saturated heterocycles. The Morgan fingerprint density at radius 1 is 1.11 bits per heavy atom. The number of hydrogen-bond donors (Lipinski definition) is 1. The Bertz CT molecular complexity index is 380. The van der Waals surface area contributed by atoms with E-state index in [9.17, 15) is 13.2 Å². The van der Waals surface area contributed by atoms with E-state index < -0.39 is 12.6 Å². The van der Waals surface area contributed by atoms with E-state index in [1.54, 1.807) is 12.1 Å². The predicted molar refractivity (Wildman–Crippen MR) is 62.1 cm³/mol. The molecule has 0 atom stereocenters. The summed E-state index contributed by atoms with van der Waals surface area (Å²) >= 11 is 0. The van der Waals surface area contributed by atoms with E-state index >= 15 is 0 Å². The smallest absolute Gasteiger partial charge is 0.393 e. The zero-order valence-corrected chi connectivity index (χ0v) is 10.3. The second-order valence-electron chi connectivity index (χ2n) is 3.81. The van der Waals surface area contributed by atoms with Crippen molar-refractivity contribution in [2.45, 2.75) is 19.0 Å². The second kappa shape index (κ2) is 5.95. The maximum absolute atomic E-state index is 12.5. The molecule has 102 valence electrons. The monoisotopic (exact) mass is 263 g/mol. The van der Waals surface area contributed by atoms with Gasteiger partial charge in [-0.15, -0.1) is 0 Å². The summed E-state index contributed by atoms with van der Waals surface area (Å²) in [6, 6.07) is 3.13. The zero-order valence-electron chi connectivity index (χ0n) is 10.3. The van der Waals surface area contributed by atoms with Crippen LogP contribution in [0.5, 0.6) is 11.5 Å². The van der Waals surface area contributed by atoms with E-state index in [1.165, 1.54) is 14.2 Å². The summed E-state index contributed by atoms with van der Waals surface area (Å²) in [7, 11) is 2.67. The largest absolute Gasteiger partial charge is 0.496 e. The average molecular weight is 263 g/mol. The van der Waals surface area contributed by atoms with E-state index in [0.29, 0.717) is 13.0 Å². The first kappa shape index (κ1) is 14.6. The van der Waals surface area contributed by atoms with Crippen LogP contribution in [0.25, 0.3) is 0 Å². The van der Waals surface area contributed by atoms with Gasteiger partial charge in [-0.3, -0.25) is 0 Å². The second-order valence-corrected chi connectivity index (χ2v) is 3.81. The number of benzene rings is 1. The summed E-state index contributed by atoms with van der Waals surface area (Å²) < 4.78 is 47.5. The molecule has 1 aromatic rings. The Morgan fingerprint density at radius 2 is 1.61 bits per heavy atom. The van der Waals surface area contributed by atoms with Crippen molar-refractivity contribution < 1.29 is 22.6 Å². The fraction of sp³-hybridized carbons (Fsp3) is 0.500. The van der Waals surface area contributed by atoms with Crippen LogP contribution >= 0.6 is 0 Å². The van der Waals surface area contributed by atoms with Crippen molar-refractivity contribution in [3.63, 3.8) is 0 Å². The third-order valence-corrected chi connectivity index (χ3v) is 2.48. The molecule has 18 heavy (non-hydrogen) atoms. The highest BCUT2D eigenvalue weighted by Gasteiger charge is 2.31. The molecule has 0 saturated carbocycles. The normalized spacial score (nSPS) is 11.4. The van der Waals surface area contributed by atoms with Gasteiger partial charge in [0.2, 0.25) is 0 Å². The van der Waals surface area contributed by atoms with E-state index in [4.69, 9.17) is 15.2 Å². The molecule has 0 aliphatic heterocycles. The van der Waals surface area contributed by atoms with Crippen LogP contribution in [0.3, 0.4) is 0 Å². The topological polar surface area (TPSA) is 44.5 Å². The molecule has 0 aromatic heterocycles. The summed E-state index contributed by atoms with van der Waals surface area (Å²) in [5.74, 6) is 0.352. The first-order valence-corrected chi connectivity index (χ1v) is 5.42. The summed E-state index contributed by atoms with van der Waals surface area (Å²) in [5, 5.41) is 0. The van der Waals surface area contributed by atoms with Crippen molar-refractivity contribution in [2.75, 3.05) is 20.8 Å². The molecule has 0 spiro atoms. The first-order valence-electron chi connectivity index (χ1n) is 5.42. The van der Waals surface area contributed by atoms with Crippen LogP contribution in [0.1, 0.15) is 11.1 Å². The molecule has 0 heterocycles. The Kier molecular flexibility index (Phi) is 4.84. The highest BCUT2D eigenvalue weighted by Crippen LogP contribution is 2.35. The van der Waals surface area contributed by atoms with Gasteiger partial charge in [-0.2, -0.15) is 13.2 Å². The third kappa shape index (κ3) is 3.80. The molecular weight excluding hydrogens is 247 g/mol. The molecule has 0 aliphatic carbocycles. The summed E-state index contributed by atoms with van der Waals surface area (Å²) in [6.45, 7) is 0.408. The number of methoxy groups -OCH3 is 2. The highest BCUT2D eigenvalue weighted by atomic mass is 19.4. The summed E-state index contributed by atoms with van der Waals surface area (Å²) in [4.78, 5) is 0. The quantitative estimate of drug-likeness (QED) is 0.886. The molecule has 1 rings (SSSR count). The maximum Gasteiger partial charge on any atom is 0.393 e. The predicted octanol–water partition coefficient (Wildman–Crippen LogP) is 2.31. The van der Waals surface area contributed by atoms with Crippen molar-refractivity contribution >= 4 is 0 Å². The lowest BCUT2D eigenvalue weighted by molar-refractivity contribution is -0.127. The molecule has 0 radical (unpaired) electrons. The summed E-state index contributed by atoms with van der Waals surface area (Å²) in [6.07, 6.45) is -4.84. The molecular formula is C12H16F3NO2. The van der Waals surface area contributed by atoms with Crippen molar-refractivity contribution in [1.82, 2.24) is 0 Å². The minimum absolute atomic E-state index is 0.00766. The van der Waals surface area contributed by atoms with Gasteiger partial charge >= 0.3 is 6.18 Å². The number of ether oxygens (including phenoxy) is 2. The number of rotatable bonds is 5. The van der Waals surface area contributed by atoms with Gasteiger partial charge in [0.05, 0.1) is 20.6 Å². The lowest BCUT2D eigenvalue weighted by Gasteiger charge is -2.16.